The Labute approximate surface area is 360 Å². The number of fused-ring (bicyclic) bond motifs is 6. The maximum Gasteiger partial charge on any atom is 0.0560 e. The molecule has 0 aliphatic heterocycles. The van der Waals surface area contributed by atoms with Crippen molar-refractivity contribution in [3.05, 3.63) is 216 Å². The Morgan fingerprint density at radius 2 is 1.00 bits per heavy atom. The molecule has 0 fully saturated rings. The molecule has 282 valence electrons. The summed E-state index contributed by atoms with van der Waals surface area (Å²) < 4.78 is 6.36. The normalized spacial score (nSPS) is 14.0. The highest BCUT2D eigenvalue weighted by Gasteiger charge is 2.24. The van der Waals surface area contributed by atoms with Crippen LogP contribution in [0.25, 0.3) is 57.0 Å². The maximum absolute atomic E-state index is 3.97. The Hall–Kier alpha value is -6.24. The van der Waals surface area contributed by atoms with E-state index in [0.717, 1.165) is 39.3 Å². The van der Waals surface area contributed by atoms with Crippen molar-refractivity contribution in [2.75, 3.05) is 9.80 Å². The summed E-state index contributed by atoms with van der Waals surface area (Å²) in [6.07, 6.45) is 8.04. The Morgan fingerprint density at radius 3 is 1.61 bits per heavy atom. The van der Waals surface area contributed by atoms with Gasteiger partial charge in [-0.1, -0.05) is 155 Å². The monoisotopic (exact) mass is 856 g/mol. The number of hydrogen-bond acceptors (Lipinski definition) is 4. The van der Waals surface area contributed by atoms with Crippen molar-refractivity contribution in [3.8, 4) is 11.1 Å². The lowest BCUT2D eigenvalue weighted by molar-refractivity contribution is 0.787. The van der Waals surface area contributed by atoms with E-state index in [1.54, 1.807) is 0 Å². The van der Waals surface area contributed by atoms with Gasteiger partial charge in [-0.05, 0) is 95.4 Å². The van der Waals surface area contributed by atoms with Gasteiger partial charge in [0, 0.05) is 73.3 Å². The maximum atomic E-state index is 3.97. The van der Waals surface area contributed by atoms with Gasteiger partial charge >= 0.3 is 0 Å². The first-order chi connectivity index (χ1) is 29.2. The third kappa shape index (κ3) is 6.56. The van der Waals surface area contributed by atoms with Crippen LogP contribution in [0.4, 0.5) is 28.4 Å². The van der Waals surface area contributed by atoms with Crippen LogP contribution in [0.15, 0.2) is 211 Å². The topological polar surface area (TPSA) is 6.48 Å². The second kappa shape index (κ2) is 15.2. The molecule has 8 aromatic carbocycles. The van der Waals surface area contributed by atoms with Crippen LogP contribution in [0, 0.1) is 0 Å². The lowest BCUT2D eigenvalue weighted by atomic mass is 9.94. The number of halogens is 1. The minimum absolute atomic E-state index is 0.0845. The Balaban J connectivity index is 1.02. The van der Waals surface area contributed by atoms with Gasteiger partial charge in [0.25, 0.3) is 0 Å². The third-order valence-electron chi connectivity index (χ3n) is 11.4. The van der Waals surface area contributed by atoms with E-state index < -0.39 is 0 Å². The van der Waals surface area contributed by atoms with E-state index in [9.17, 15) is 0 Å². The lowest BCUT2D eigenvalue weighted by Gasteiger charge is -2.35. The second-order valence-electron chi connectivity index (χ2n) is 15.0. The minimum atomic E-state index is 0.0845. The Kier molecular flexibility index (Phi) is 9.23. The zero-order chi connectivity index (χ0) is 39.3. The number of benzene rings is 8. The number of anilines is 5. The molecule has 2 aromatic heterocycles. The molecule has 2 nitrogen and oxygen atoms in total. The summed E-state index contributed by atoms with van der Waals surface area (Å²) in [4.78, 5) is 4.84. The molecular weight excluding hydrogens is 821 g/mol. The van der Waals surface area contributed by atoms with Gasteiger partial charge in [-0.15, -0.1) is 22.7 Å². The van der Waals surface area contributed by atoms with E-state index in [1.807, 2.05) is 22.7 Å². The molecule has 1 unspecified atom stereocenters. The fourth-order valence-electron chi connectivity index (χ4n) is 8.71. The van der Waals surface area contributed by atoms with Crippen LogP contribution in [0.5, 0.6) is 0 Å². The highest BCUT2D eigenvalue weighted by molar-refractivity contribution is 9.10. The summed E-state index contributed by atoms with van der Waals surface area (Å²) in [6, 6.07) is 68.3. The van der Waals surface area contributed by atoms with Crippen LogP contribution in [0.3, 0.4) is 0 Å². The molecule has 1 aliphatic rings. The fourth-order valence-corrected chi connectivity index (χ4v) is 11.7. The molecule has 1 atom stereocenters. The van der Waals surface area contributed by atoms with Crippen molar-refractivity contribution >= 4 is 113 Å². The first kappa shape index (κ1) is 35.9. The Bertz CT molecular complexity index is 3180. The summed E-state index contributed by atoms with van der Waals surface area (Å²) in [5.41, 5.74) is 10.6. The van der Waals surface area contributed by atoms with Crippen molar-refractivity contribution in [3.63, 3.8) is 0 Å². The first-order valence-electron chi connectivity index (χ1n) is 20.0. The van der Waals surface area contributed by atoms with E-state index in [0.29, 0.717) is 0 Å². The number of nitrogens with zero attached hydrogens (tertiary/aromatic N) is 2. The molecule has 0 amide bonds. The minimum Gasteiger partial charge on any atom is -0.334 e. The average Bonchev–Trinajstić information content (AvgIpc) is 3.87. The molecule has 0 saturated heterocycles. The van der Waals surface area contributed by atoms with Crippen LogP contribution in [0.2, 0.25) is 0 Å². The van der Waals surface area contributed by atoms with E-state index in [-0.39, 0.29) is 6.04 Å². The highest BCUT2D eigenvalue weighted by atomic mass is 79.9. The van der Waals surface area contributed by atoms with Gasteiger partial charge in [-0.2, -0.15) is 0 Å². The zero-order valence-corrected chi connectivity index (χ0v) is 35.2. The van der Waals surface area contributed by atoms with Crippen LogP contribution in [0.1, 0.15) is 12.0 Å². The SMILES string of the molecule is Brc1cc(N(c2ccccc2)c2ccccc2)cc(N(c2ccc(-c3cccc4c3sc3ccccc34)cc2)C2C=CC(c3cccc4c3sc3ccccc34)=CC2)c1. The van der Waals surface area contributed by atoms with Crippen molar-refractivity contribution in [1.29, 1.82) is 0 Å². The quantitative estimate of drug-likeness (QED) is 0.150. The zero-order valence-electron chi connectivity index (χ0n) is 32.0. The standard InChI is InChI=1S/C54H37BrN2S2/c55-38-33-43(56(39-13-3-1-4-14-39)40-15-5-2-6-16-40)35-44(34-38)57(41-29-25-36(26-30-41)45-19-11-21-49-47-17-7-9-23-51(47)58-53(45)49)42-31-27-37(28-32-42)46-20-12-22-50-48-18-8-10-24-52(48)59-54(46)50/h1-31,33-35,42H,32H2. The van der Waals surface area contributed by atoms with Gasteiger partial charge in [0.1, 0.15) is 0 Å². The average molecular weight is 858 g/mol. The van der Waals surface area contributed by atoms with Crippen LogP contribution in [-0.4, -0.2) is 6.04 Å². The third-order valence-corrected chi connectivity index (χ3v) is 14.3. The molecule has 0 bridgehead atoms. The number of para-hydroxylation sites is 2. The van der Waals surface area contributed by atoms with E-state index >= 15 is 0 Å². The summed E-state index contributed by atoms with van der Waals surface area (Å²) in [5, 5.41) is 5.30. The van der Waals surface area contributed by atoms with Crippen LogP contribution >= 0.6 is 38.6 Å². The fraction of sp³-hybridized carbons (Fsp3) is 0.0370. The number of hydrogen-bond donors (Lipinski definition) is 0. The summed E-state index contributed by atoms with van der Waals surface area (Å²) in [5.74, 6) is 0. The molecule has 2 heterocycles. The molecule has 11 rings (SSSR count). The summed E-state index contributed by atoms with van der Waals surface area (Å²) in [7, 11) is 0. The van der Waals surface area contributed by atoms with Crippen LogP contribution < -0.4 is 9.80 Å². The lowest BCUT2D eigenvalue weighted by Crippen LogP contribution is -2.30. The molecule has 0 saturated carbocycles. The predicted octanol–water partition coefficient (Wildman–Crippen LogP) is 16.9. The van der Waals surface area contributed by atoms with Crippen molar-refractivity contribution in [2.24, 2.45) is 0 Å². The second-order valence-corrected chi connectivity index (χ2v) is 18.0. The molecule has 5 heteroatoms. The molecule has 59 heavy (non-hydrogen) atoms. The Morgan fingerprint density at radius 1 is 0.458 bits per heavy atom. The largest absolute Gasteiger partial charge is 0.334 e. The summed E-state index contributed by atoms with van der Waals surface area (Å²) >= 11 is 7.74. The van der Waals surface area contributed by atoms with Gasteiger partial charge in [0.15, 0.2) is 0 Å². The first-order valence-corrected chi connectivity index (χ1v) is 22.4. The van der Waals surface area contributed by atoms with Crippen molar-refractivity contribution < 1.29 is 0 Å². The molecular formula is C54H37BrN2S2. The number of allylic oxidation sites excluding steroid dienone is 2. The predicted molar refractivity (Wildman–Crippen MR) is 261 cm³/mol. The van der Waals surface area contributed by atoms with Gasteiger partial charge in [0.2, 0.25) is 0 Å². The molecule has 1 aliphatic carbocycles. The smallest absolute Gasteiger partial charge is 0.0560 e. The molecule has 0 radical (unpaired) electrons. The van der Waals surface area contributed by atoms with Gasteiger partial charge in [-0.25, -0.2) is 0 Å². The van der Waals surface area contributed by atoms with Gasteiger partial charge < -0.3 is 9.80 Å². The van der Waals surface area contributed by atoms with Crippen LogP contribution in [-0.2, 0) is 0 Å². The highest BCUT2D eigenvalue weighted by Crippen LogP contribution is 2.45. The number of rotatable bonds is 8. The van der Waals surface area contributed by atoms with Crippen molar-refractivity contribution in [2.45, 2.75) is 12.5 Å². The van der Waals surface area contributed by atoms with Crippen molar-refractivity contribution in [1.82, 2.24) is 0 Å². The molecule has 10 aromatic rings. The molecule has 0 N–H and O–H groups in total. The summed E-state index contributed by atoms with van der Waals surface area (Å²) in [6.45, 7) is 0. The molecule has 0 spiro atoms. The van der Waals surface area contributed by atoms with Gasteiger partial charge in [-0.3, -0.25) is 0 Å². The van der Waals surface area contributed by atoms with Gasteiger partial charge in [0.05, 0.1) is 6.04 Å². The number of thiophene rings is 2. The van der Waals surface area contributed by atoms with E-state index in [4.69, 9.17) is 0 Å². The van der Waals surface area contributed by atoms with E-state index in [2.05, 4.69) is 232 Å². The van der Waals surface area contributed by atoms with E-state index in [1.165, 1.54) is 62.6 Å².